The summed E-state index contributed by atoms with van der Waals surface area (Å²) in [5, 5.41) is 3.09. The average Bonchev–Trinajstić information content (AvgIpc) is 3.26. The van der Waals surface area contributed by atoms with Crippen molar-refractivity contribution in [2.24, 2.45) is 0 Å². The third-order valence-corrected chi connectivity index (χ3v) is 4.57. The molecule has 3 aromatic rings. The number of rotatable bonds is 9. The molecule has 0 radical (unpaired) electrons. The number of ether oxygens (including phenoxy) is 1. The van der Waals surface area contributed by atoms with Crippen LogP contribution in [-0.2, 0) is 17.8 Å². The van der Waals surface area contributed by atoms with E-state index in [4.69, 9.17) is 4.74 Å². The smallest absolute Gasteiger partial charge is 0.269 e. The van der Waals surface area contributed by atoms with E-state index in [1.165, 1.54) is 18.1 Å². The van der Waals surface area contributed by atoms with Gasteiger partial charge in [0.1, 0.15) is 5.69 Å². The standard InChI is InChI=1S/C22H25N3O2/c1-17(27-15-19-10-6-3-7-11-19)20(13-12-18-8-4-2-5-9-18)25-22(26)21-14-23-16-24-21/h2-11,14,16-17,20H,12-13,15H2,1H3,(H,23,24)(H,25,26)/t17-,20?/m0/s1. The number of amides is 1. The van der Waals surface area contributed by atoms with Crippen LogP contribution in [0.5, 0.6) is 0 Å². The molecule has 5 heteroatoms. The number of aromatic nitrogens is 2. The number of benzene rings is 2. The van der Waals surface area contributed by atoms with Gasteiger partial charge in [-0.15, -0.1) is 0 Å². The van der Waals surface area contributed by atoms with Crippen LogP contribution in [0, 0.1) is 0 Å². The molecule has 3 rings (SSSR count). The second kappa shape index (κ2) is 9.69. The Bertz CT molecular complexity index is 804. The predicted molar refractivity (Wildman–Crippen MR) is 105 cm³/mol. The number of aromatic amines is 1. The van der Waals surface area contributed by atoms with Gasteiger partial charge in [0.15, 0.2) is 0 Å². The highest BCUT2D eigenvalue weighted by atomic mass is 16.5. The molecule has 1 amide bonds. The maximum absolute atomic E-state index is 12.5. The molecule has 0 aliphatic carbocycles. The number of nitrogens with zero attached hydrogens (tertiary/aromatic N) is 1. The highest BCUT2D eigenvalue weighted by molar-refractivity contribution is 5.92. The van der Waals surface area contributed by atoms with Crippen LogP contribution >= 0.6 is 0 Å². The van der Waals surface area contributed by atoms with Crippen molar-refractivity contribution < 1.29 is 9.53 Å². The summed E-state index contributed by atoms with van der Waals surface area (Å²) >= 11 is 0. The Hall–Kier alpha value is -2.92. The van der Waals surface area contributed by atoms with Crippen molar-refractivity contribution in [3.8, 4) is 0 Å². The molecule has 0 fully saturated rings. The SMILES string of the molecule is C[C@H](OCc1ccccc1)C(CCc1ccccc1)NC(=O)c1cnc[nH]1. The monoisotopic (exact) mass is 363 g/mol. The van der Waals surface area contributed by atoms with Crippen molar-refractivity contribution >= 4 is 5.91 Å². The number of nitrogens with one attached hydrogen (secondary N) is 2. The summed E-state index contributed by atoms with van der Waals surface area (Å²) in [7, 11) is 0. The van der Waals surface area contributed by atoms with Crippen LogP contribution in [0.25, 0.3) is 0 Å². The van der Waals surface area contributed by atoms with Crippen molar-refractivity contribution in [3.05, 3.63) is 90.0 Å². The molecule has 1 aromatic heterocycles. The van der Waals surface area contributed by atoms with E-state index in [0.717, 1.165) is 18.4 Å². The first kappa shape index (κ1) is 18.9. The van der Waals surface area contributed by atoms with E-state index < -0.39 is 0 Å². The Kier molecular flexibility index (Phi) is 6.77. The van der Waals surface area contributed by atoms with Crippen LogP contribution in [0.2, 0.25) is 0 Å². The van der Waals surface area contributed by atoms with E-state index in [2.05, 4.69) is 27.4 Å². The molecule has 1 heterocycles. The molecule has 0 spiro atoms. The van der Waals surface area contributed by atoms with Crippen LogP contribution in [0.3, 0.4) is 0 Å². The van der Waals surface area contributed by atoms with E-state index in [-0.39, 0.29) is 18.1 Å². The number of carbonyl (C=O) groups is 1. The van der Waals surface area contributed by atoms with E-state index in [0.29, 0.717) is 12.3 Å². The zero-order valence-electron chi connectivity index (χ0n) is 15.5. The van der Waals surface area contributed by atoms with Crippen molar-refractivity contribution in [2.75, 3.05) is 0 Å². The summed E-state index contributed by atoms with van der Waals surface area (Å²) in [5.41, 5.74) is 2.81. The summed E-state index contributed by atoms with van der Waals surface area (Å²) in [6.07, 6.45) is 4.57. The molecular weight excluding hydrogens is 338 g/mol. The van der Waals surface area contributed by atoms with Crippen LogP contribution in [-0.4, -0.2) is 28.0 Å². The van der Waals surface area contributed by atoms with Gasteiger partial charge in [-0.05, 0) is 30.9 Å². The number of aryl methyl sites for hydroxylation is 1. The first-order chi connectivity index (χ1) is 13.2. The summed E-state index contributed by atoms with van der Waals surface area (Å²) in [5.74, 6) is -0.166. The van der Waals surface area contributed by atoms with Gasteiger partial charge in [0.05, 0.1) is 31.3 Å². The summed E-state index contributed by atoms with van der Waals surface area (Å²) in [6, 6.07) is 20.2. The average molecular weight is 363 g/mol. The van der Waals surface area contributed by atoms with Gasteiger partial charge in [-0.25, -0.2) is 4.98 Å². The molecule has 1 unspecified atom stereocenters. The third kappa shape index (κ3) is 5.79. The highest BCUT2D eigenvalue weighted by Gasteiger charge is 2.21. The van der Waals surface area contributed by atoms with Crippen LogP contribution < -0.4 is 5.32 Å². The molecule has 0 bridgehead atoms. The lowest BCUT2D eigenvalue weighted by atomic mass is 10.0. The van der Waals surface area contributed by atoms with Gasteiger partial charge >= 0.3 is 0 Å². The van der Waals surface area contributed by atoms with Gasteiger partial charge in [-0.2, -0.15) is 0 Å². The van der Waals surface area contributed by atoms with Crippen LogP contribution in [0.1, 0.15) is 35.0 Å². The zero-order chi connectivity index (χ0) is 18.9. The minimum Gasteiger partial charge on any atom is -0.372 e. The molecule has 0 saturated heterocycles. The van der Waals surface area contributed by atoms with Gasteiger partial charge in [0.25, 0.3) is 5.91 Å². The van der Waals surface area contributed by atoms with Crippen molar-refractivity contribution in [3.63, 3.8) is 0 Å². The van der Waals surface area contributed by atoms with E-state index in [1.807, 2.05) is 55.5 Å². The van der Waals surface area contributed by atoms with Gasteiger partial charge < -0.3 is 15.0 Å². The van der Waals surface area contributed by atoms with Crippen molar-refractivity contribution in [1.82, 2.24) is 15.3 Å². The van der Waals surface area contributed by atoms with E-state index in [1.54, 1.807) is 0 Å². The topological polar surface area (TPSA) is 67.0 Å². The van der Waals surface area contributed by atoms with Crippen LogP contribution in [0.4, 0.5) is 0 Å². The van der Waals surface area contributed by atoms with Crippen molar-refractivity contribution in [2.45, 2.75) is 38.5 Å². The Labute approximate surface area is 159 Å². The number of carbonyl (C=O) groups excluding carboxylic acids is 1. The predicted octanol–water partition coefficient (Wildman–Crippen LogP) is 3.75. The minimum absolute atomic E-state index is 0.107. The number of imidazole rings is 1. The summed E-state index contributed by atoms with van der Waals surface area (Å²) in [4.78, 5) is 19.2. The van der Waals surface area contributed by atoms with E-state index >= 15 is 0 Å². The minimum atomic E-state index is -0.166. The quantitative estimate of drug-likeness (QED) is 0.608. The van der Waals surface area contributed by atoms with Crippen LogP contribution in [0.15, 0.2) is 73.2 Å². The third-order valence-electron chi connectivity index (χ3n) is 4.57. The maximum atomic E-state index is 12.5. The van der Waals surface area contributed by atoms with Gasteiger partial charge in [-0.1, -0.05) is 60.7 Å². The molecular formula is C22H25N3O2. The summed E-state index contributed by atoms with van der Waals surface area (Å²) in [6.45, 7) is 2.52. The second-order valence-corrected chi connectivity index (χ2v) is 6.57. The molecule has 2 aromatic carbocycles. The molecule has 5 nitrogen and oxygen atoms in total. The zero-order valence-corrected chi connectivity index (χ0v) is 15.5. The second-order valence-electron chi connectivity index (χ2n) is 6.57. The largest absolute Gasteiger partial charge is 0.372 e. The molecule has 0 aliphatic heterocycles. The van der Waals surface area contributed by atoms with Gasteiger partial charge in [-0.3, -0.25) is 4.79 Å². The Balaban J connectivity index is 1.62. The molecule has 2 atom stereocenters. The molecule has 140 valence electrons. The fourth-order valence-corrected chi connectivity index (χ4v) is 2.94. The number of hydrogen-bond acceptors (Lipinski definition) is 3. The molecule has 0 aliphatic rings. The van der Waals surface area contributed by atoms with Crippen molar-refractivity contribution in [1.29, 1.82) is 0 Å². The van der Waals surface area contributed by atoms with E-state index in [9.17, 15) is 4.79 Å². The first-order valence-electron chi connectivity index (χ1n) is 9.21. The molecule has 2 N–H and O–H groups in total. The Morgan fingerprint density at radius 3 is 2.37 bits per heavy atom. The molecule has 27 heavy (non-hydrogen) atoms. The lowest BCUT2D eigenvalue weighted by Gasteiger charge is -2.25. The first-order valence-corrected chi connectivity index (χ1v) is 9.21. The fraction of sp³-hybridized carbons (Fsp3) is 0.273. The normalized spacial score (nSPS) is 13.1. The Morgan fingerprint density at radius 1 is 1.07 bits per heavy atom. The fourth-order valence-electron chi connectivity index (χ4n) is 2.94. The molecule has 0 saturated carbocycles. The number of H-pyrrole nitrogens is 1. The lowest BCUT2D eigenvalue weighted by Crippen LogP contribution is -2.43. The highest BCUT2D eigenvalue weighted by Crippen LogP contribution is 2.13. The maximum Gasteiger partial charge on any atom is 0.269 e. The number of hydrogen-bond donors (Lipinski definition) is 2. The lowest BCUT2D eigenvalue weighted by molar-refractivity contribution is 0.0242. The van der Waals surface area contributed by atoms with Gasteiger partial charge in [0.2, 0.25) is 0 Å². The summed E-state index contributed by atoms with van der Waals surface area (Å²) < 4.78 is 6.06. The van der Waals surface area contributed by atoms with Gasteiger partial charge in [0, 0.05) is 0 Å². The Morgan fingerprint density at radius 2 is 1.74 bits per heavy atom.